The number of carbonyl (C=O) groups excluding carboxylic acids is 2. The number of nitrogens with one attached hydrogen (secondary N) is 2. The summed E-state index contributed by atoms with van der Waals surface area (Å²) in [4.78, 5) is 23.3. The van der Waals surface area contributed by atoms with E-state index in [0.29, 0.717) is 5.75 Å². The van der Waals surface area contributed by atoms with Gasteiger partial charge in [0.1, 0.15) is 11.5 Å². The second-order valence-corrected chi connectivity index (χ2v) is 9.39. The number of carbonyl (C=O) groups is 2. The van der Waals surface area contributed by atoms with Gasteiger partial charge in [0.2, 0.25) is 5.91 Å². The molecule has 5 N–H and O–H groups in total. The van der Waals surface area contributed by atoms with Gasteiger partial charge in [-0.1, -0.05) is 96.5 Å². The number of halogens is 1. The molecule has 0 heterocycles. The first-order valence-electron chi connectivity index (χ1n) is 12.7. The molecule has 8 heteroatoms. The first-order valence-corrected chi connectivity index (χ1v) is 13.1. The minimum Gasteiger partial charge on any atom is -0.506 e. The number of amides is 2. The van der Waals surface area contributed by atoms with E-state index in [-0.39, 0.29) is 34.9 Å². The molecule has 206 valence electrons. The summed E-state index contributed by atoms with van der Waals surface area (Å²) in [6.07, 6.45) is 1.32. The Balaban J connectivity index is 0.000000296. The van der Waals surface area contributed by atoms with Crippen molar-refractivity contribution in [1.29, 1.82) is 5.41 Å². The molecule has 0 aliphatic carbocycles. The predicted octanol–water partition coefficient (Wildman–Crippen LogP) is 6.27. The highest BCUT2D eigenvalue weighted by Crippen LogP contribution is 2.28. The molecule has 5 aromatic rings. The van der Waals surface area contributed by atoms with E-state index in [1.165, 1.54) is 24.4 Å². The van der Waals surface area contributed by atoms with E-state index in [4.69, 9.17) is 32.6 Å². The van der Waals surface area contributed by atoms with Crippen LogP contribution in [-0.2, 0) is 4.79 Å². The molecule has 7 nitrogen and oxygen atoms in total. The van der Waals surface area contributed by atoms with Gasteiger partial charge < -0.3 is 26.3 Å². The molecule has 0 fully saturated rings. The summed E-state index contributed by atoms with van der Waals surface area (Å²) in [5.74, 6) is -0.196. The molecule has 5 rings (SSSR count). The van der Waals surface area contributed by atoms with E-state index in [1.54, 1.807) is 0 Å². The molecule has 5 aromatic carbocycles. The van der Waals surface area contributed by atoms with Crippen LogP contribution in [0.5, 0.6) is 11.5 Å². The van der Waals surface area contributed by atoms with Gasteiger partial charge in [0.15, 0.2) is 6.61 Å². The van der Waals surface area contributed by atoms with Crippen LogP contribution in [0, 0.1) is 5.41 Å². The highest BCUT2D eigenvalue weighted by Gasteiger charge is 2.17. The quantitative estimate of drug-likeness (QED) is 0.165. The summed E-state index contributed by atoms with van der Waals surface area (Å²) in [6.45, 7) is -0.0932. The number of aromatic hydroxyl groups is 1. The van der Waals surface area contributed by atoms with Gasteiger partial charge in [-0.15, -0.1) is 0 Å². The van der Waals surface area contributed by atoms with Crippen LogP contribution >= 0.6 is 11.6 Å². The minimum atomic E-state index is -0.563. The van der Waals surface area contributed by atoms with E-state index < -0.39 is 5.91 Å². The number of fused-ring (bicyclic) bond motifs is 1. The molecular weight excluding hydrogens is 538 g/mol. The van der Waals surface area contributed by atoms with Gasteiger partial charge in [-0.05, 0) is 46.8 Å². The van der Waals surface area contributed by atoms with Crippen LogP contribution in [-0.4, -0.2) is 29.7 Å². The average Bonchev–Trinajstić information content (AvgIpc) is 3.01. The smallest absolute Gasteiger partial charge is 0.258 e. The van der Waals surface area contributed by atoms with Gasteiger partial charge in [0.25, 0.3) is 5.91 Å². The van der Waals surface area contributed by atoms with Crippen molar-refractivity contribution in [2.24, 2.45) is 5.73 Å². The van der Waals surface area contributed by atoms with Crippen LogP contribution < -0.4 is 15.8 Å². The van der Waals surface area contributed by atoms with Crippen molar-refractivity contribution < 1.29 is 19.4 Å². The molecule has 0 bridgehead atoms. The average molecular weight is 566 g/mol. The Morgan fingerprint density at radius 1 is 0.854 bits per heavy atom. The van der Waals surface area contributed by atoms with Crippen molar-refractivity contribution in [1.82, 2.24) is 5.32 Å². The lowest BCUT2D eigenvalue weighted by Gasteiger charge is -2.20. The normalized spacial score (nSPS) is 10.4. The van der Waals surface area contributed by atoms with Crippen molar-refractivity contribution in [2.45, 2.75) is 6.04 Å². The van der Waals surface area contributed by atoms with Gasteiger partial charge in [-0.3, -0.25) is 9.59 Å². The van der Waals surface area contributed by atoms with Gasteiger partial charge in [-0.25, -0.2) is 0 Å². The number of hydrogen-bond acceptors (Lipinski definition) is 5. The Morgan fingerprint density at radius 2 is 1.44 bits per heavy atom. The Hall–Kier alpha value is -5.14. The van der Waals surface area contributed by atoms with Gasteiger partial charge in [0.05, 0.1) is 11.1 Å². The molecule has 0 saturated carbocycles. The largest absolute Gasteiger partial charge is 0.506 e. The fourth-order valence-electron chi connectivity index (χ4n) is 4.20. The summed E-state index contributed by atoms with van der Waals surface area (Å²) in [7, 11) is 0. The van der Waals surface area contributed by atoms with Crippen molar-refractivity contribution >= 4 is 40.4 Å². The third kappa shape index (κ3) is 7.50. The zero-order valence-electron chi connectivity index (χ0n) is 22.0. The molecule has 0 atom stereocenters. The highest BCUT2D eigenvalue weighted by atomic mass is 35.5. The molecule has 0 radical (unpaired) electrons. The van der Waals surface area contributed by atoms with Crippen LogP contribution in [0.3, 0.4) is 0 Å². The zero-order chi connectivity index (χ0) is 29.2. The zero-order valence-corrected chi connectivity index (χ0v) is 22.7. The van der Waals surface area contributed by atoms with Crippen LogP contribution in [0.1, 0.15) is 33.1 Å². The van der Waals surface area contributed by atoms with E-state index in [1.807, 2.05) is 97.1 Å². The van der Waals surface area contributed by atoms with Crippen LogP contribution in [0.4, 0.5) is 0 Å². The summed E-state index contributed by atoms with van der Waals surface area (Å²) in [5, 5.41) is 21.5. The summed E-state index contributed by atoms with van der Waals surface area (Å²) >= 11 is 5.50. The van der Waals surface area contributed by atoms with E-state index in [0.717, 1.165) is 27.5 Å². The third-order valence-electron chi connectivity index (χ3n) is 6.24. The lowest BCUT2D eigenvalue weighted by molar-refractivity contribution is -0.123. The maximum absolute atomic E-state index is 12.8. The Kier molecular flexibility index (Phi) is 9.70. The molecule has 0 aromatic heterocycles. The van der Waals surface area contributed by atoms with Crippen molar-refractivity contribution in [3.8, 4) is 11.5 Å². The SMILES string of the molecule is N=Cc1ccc(OCC(=O)NC(c2ccccc2)c2ccccc2)c2ccccc12.NC(=O)c1ccc(O)c(Cl)c1. The number of phenols is 1. The molecule has 41 heavy (non-hydrogen) atoms. The first-order chi connectivity index (χ1) is 19.9. The van der Waals surface area contributed by atoms with Crippen LogP contribution in [0.15, 0.2) is 115 Å². The molecule has 0 aliphatic rings. The third-order valence-corrected chi connectivity index (χ3v) is 6.54. The monoisotopic (exact) mass is 565 g/mol. The second-order valence-electron chi connectivity index (χ2n) is 8.98. The van der Waals surface area contributed by atoms with Gasteiger partial charge in [-0.2, -0.15) is 0 Å². The molecule has 0 spiro atoms. The molecule has 0 aliphatic heterocycles. The van der Waals surface area contributed by atoms with Gasteiger partial charge in [0, 0.05) is 22.7 Å². The van der Waals surface area contributed by atoms with Crippen molar-refractivity contribution in [3.63, 3.8) is 0 Å². The minimum absolute atomic E-state index is 0.0586. The fourth-order valence-corrected chi connectivity index (χ4v) is 4.38. The molecular formula is C33H28ClN3O4. The standard InChI is InChI=1S/C26H22N2O2.C7H6ClNO2/c27-17-21-15-16-24(23-14-8-7-13-22(21)23)30-18-25(29)28-26(19-9-3-1-4-10-19)20-11-5-2-6-12-20;8-5-3-4(7(9)11)1-2-6(5)10/h1-17,26-27H,18H2,(H,28,29);1-3,10H,(H2,9,11). The molecule has 0 unspecified atom stereocenters. The maximum Gasteiger partial charge on any atom is 0.258 e. The topological polar surface area (TPSA) is 126 Å². The van der Waals surface area contributed by atoms with Crippen molar-refractivity contribution in [2.75, 3.05) is 6.61 Å². The molecule has 0 saturated heterocycles. The predicted molar refractivity (Wildman–Crippen MR) is 162 cm³/mol. The summed E-state index contributed by atoms with van der Waals surface area (Å²) in [5.41, 5.74) is 8.08. The van der Waals surface area contributed by atoms with Gasteiger partial charge >= 0.3 is 0 Å². The second kappa shape index (κ2) is 13.8. The number of rotatable bonds is 8. The Labute approximate surface area is 242 Å². The number of primary amides is 1. The Morgan fingerprint density at radius 3 is 2.00 bits per heavy atom. The van der Waals surface area contributed by atoms with Crippen LogP contribution in [0.2, 0.25) is 5.02 Å². The first kappa shape index (κ1) is 28.9. The molecule has 2 amide bonds. The maximum atomic E-state index is 12.8. The lowest BCUT2D eigenvalue weighted by atomic mass is 9.99. The Bertz CT molecular complexity index is 1620. The highest BCUT2D eigenvalue weighted by molar-refractivity contribution is 6.32. The number of hydrogen-bond donors (Lipinski definition) is 4. The van der Waals surface area contributed by atoms with E-state index in [9.17, 15) is 9.59 Å². The number of benzene rings is 5. The summed E-state index contributed by atoms with van der Waals surface area (Å²) < 4.78 is 5.87. The summed E-state index contributed by atoms with van der Waals surface area (Å²) in [6, 6.07) is 34.9. The number of ether oxygens (including phenoxy) is 1. The van der Waals surface area contributed by atoms with Crippen LogP contribution in [0.25, 0.3) is 10.8 Å². The van der Waals surface area contributed by atoms with Crippen molar-refractivity contribution in [3.05, 3.63) is 143 Å². The number of phenolic OH excluding ortho intramolecular Hbond substituents is 1. The van der Waals surface area contributed by atoms with E-state index in [2.05, 4.69) is 5.32 Å². The fraction of sp³-hybridized carbons (Fsp3) is 0.0606. The number of nitrogens with two attached hydrogens (primary N) is 1. The van der Waals surface area contributed by atoms with E-state index >= 15 is 0 Å². The lowest BCUT2D eigenvalue weighted by Crippen LogP contribution is -2.33.